The molecule has 0 saturated carbocycles. The Kier molecular flexibility index (Phi) is 5.19. The van der Waals surface area contributed by atoms with Crippen LogP contribution in [0.1, 0.15) is 53.7 Å². The molecular weight excluding hydrogens is 296 g/mol. The van der Waals surface area contributed by atoms with Gasteiger partial charge in [0.2, 0.25) is 0 Å². The minimum Gasteiger partial charge on any atom is -0.379 e. The monoisotopic (exact) mass is 322 g/mol. The standard InChI is InChI=1S/C21H26N2O/c1-16-9-11-18(12-10-16)17(2)22-20-8-6-7-19(15-20)21(24)23-13-4-3-5-14-23/h6-12,15,17,22H,3-5,13-14H2,1-2H3. The molecular formula is C21H26N2O. The molecule has 1 atom stereocenters. The molecule has 1 unspecified atom stereocenters. The second kappa shape index (κ2) is 7.52. The van der Waals surface area contributed by atoms with Gasteiger partial charge in [-0.3, -0.25) is 4.79 Å². The summed E-state index contributed by atoms with van der Waals surface area (Å²) in [6.45, 7) is 6.01. The Balaban J connectivity index is 1.70. The van der Waals surface area contributed by atoms with Crippen molar-refractivity contribution in [2.75, 3.05) is 18.4 Å². The van der Waals surface area contributed by atoms with Crippen LogP contribution in [-0.4, -0.2) is 23.9 Å². The summed E-state index contributed by atoms with van der Waals surface area (Å²) >= 11 is 0. The maximum atomic E-state index is 12.6. The van der Waals surface area contributed by atoms with E-state index in [0.29, 0.717) is 0 Å². The van der Waals surface area contributed by atoms with Gasteiger partial charge in [-0.2, -0.15) is 0 Å². The highest BCUT2D eigenvalue weighted by atomic mass is 16.2. The number of benzene rings is 2. The number of anilines is 1. The zero-order chi connectivity index (χ0) is 16.9. The second-order valence-electron chi connectivity index (χ2n) is 6.71. The van der Waals surface area contributed by atoms with Gasteiger partial charge in [0.05, 0.1) is 0 Å². The van der Waals surface area contributed by atoms with E-state index < -0.39 is 0 Å². The Labute approximate surface area is 144 Å². The first-order valence-corrected chi connectivity index (χ1v) is 8.86. The Morgan fingerprint density at radius 1 is 1.04 bits per heavy atom. The van der Waals surface area contributed by atoms with Crippen LogP contribution in [0.4, 0.5) is 5.69 Å². The molecule has 1 amide bonds. The number of hydrogen-bond donors (Lipinski definition) is 1. The van der Waals surface area contributed by atoms with E-state index in [1.165, 1.54) is 17.5 Å². The fourth-order valence-corrected chi connectivity index (χ4v) is 3.21. The molecule has 1 saturated heterocycles. The van der Waals surface area contributed by atoms with Crippen LogP contribution in [0.3, 0.4) is 0 Å². The van der Waals surface area contributed by atoms with Crippen molar-refractivity contribution in [3.63, 3.8) is 0 Å². The molecule has 1 aliphatic heterocycles. The van der Waals surface area contributed by atoms with Crippen molar-refractivity contribution >= 4 is 11.6 Å². The summed E-state index contributed by atoms with van der Waals surface area (Å²) < 4.78 is 0. The molecule has 0 spiro atoms. The van der Waals surface area contributed by atoms with Gasteiger partial charge in [-0.05, 0) is 56.9 Å². The van der Waals surface area contributed by atoms with Gasteiger partial charge in [0, 0.05) is 30.4 Å². The molecule has 24 heavy (non-hydrogen) atoms. The molecule has 3 heteroatoms. The Morgan fingerprint density at radius 3 is 2.46 bits per heavy atom. The molecule has 1 N–H and O–H groups in total. The number of aryl methyl sites for hydroxylation is 1. The van der Waals surface area contributed by atoms with Gasteiger partial charge in [0.1, 0.15) is 0 Å². The summed E-state index contributed by atoms with van der Waals surface area (Å²) in [5.41, 5.74) is 4.28. The van der Waals surface area contributed by atoms with Gasteiger partial charge < -0.3 is 10.2 Å². The van der Waals surface area contributed by atoms with E-state index in [1.807, 2.05) is 29.2 Å². The van der Waals surface area contributed by atoms with Crippen LogP contribution in [0.15, 0.2) is 48.5 Å². The molecule has 0 aromatic heterocycles. The van der Waals surface area contributed by atoms with Gasteiger partial charge in [-0.1, -0.05) is 35.9 Å². The number of amides is 1. The second-order valence-corrected chi connectivity index (χ2v) is 6.71. The lowest BCUT2D eigenvalue weighted by Crippen LogP contribution is -2.35. The van der Waals surface area contributed by atoms with Crippen molar-refractivity contribution in [3.05, 3.63) is 65.2 Å². The highest BCUT2D eigenvalue weighted by molar-refractivity contribution is 5.95. The van der Waals surface area contributed by atoms with Crippen LogP contribution >= 0.6 is 0 Å². The molecule has 0 aliphatic carbocycles. The number of piperidine rings is 1. The third kappa shape index (κ3) is 3.97. The predicted octanol–water partition coefficient (Wildman–Crippen LogP) is 4.79. The van der Waals surface area contributed by atoms with Crippen LogP contribution in [-0.2, 0) is 0 Å². The SMILES string of the molecule is Cc1ccc(C(C)Nc2cccc(C(=O)N3CCCCC3)c2)cc1. The van der Waals surface area contributed by atoms with Gasteiger partial charge in [-0.15, -0.1) is 0 Å². The predicted molar refractivity (Wildman–Crippen MR) is 99.4 cm³/mol. The number of likely N-dealkylation sites (tertiary alicyclic amines) is 1. The molecule has 0 radical (unpaired) electrons. The molecule has 0 bridgehead atoms. The van der Waals surface area contributed by atoms with Crippen molar-refractivity contribution in [2.45, 2.75) is 39.2 Å². The fraction of sp³-hybridized carbons (Fsp3) is 0.381. The molecule has 3 nitrogen and oxygen atoms in total. The van der Waals surface area contributed by atoms with Gasteiger partial charge >= 0.3 is 0 Å². The van der Waals surface area contributed by atoms with Gasteiger partial charge in [0.25, 0.3) is 5.91 Å². The smallest absolute Gasteiger partial charge is 0.253 e. The lowest BCUT2D eigenvalue weighted by molar-refractivity contribution is 0.0724. The molecule has 1 fully saturated rings. The first kappa shape index (κ1) is 16.6. The highest BCUT2D eigenvalue weighted by Crippen LogP contribution is 2.21. The van der Waals surface area contributed by atoms with E-state index in [9.17, 15) is 4.79 Å². The largest absolute Gasteiger partial charge is 0.379 e. The minimum absolute atomic E-state index is 0.154. The van der Waals surface area contributed by atoms with Crippen LogP contribution in [0.25, 0.3) is 0 Å². The third-order valence-electron chi connectivity index (χ3n) is 4.71. The normalized spacial score (nSPS) is 15.8. The summed E-state index contributed by atoms with van der Waals surface area (Å²) in [5, 5.41) is 3.51. The number of rotatable bonds is 4. The lowest BCUT2D eigenvalue weighted by Gasteiger charge is -2.27. The first-order valence-electron chi connectivity index (χ1n) is 8.86. The van der Waals surface area contributed by atoms with Gasteiger partial charge in [-0.25, -0.2) is 0 Å². The Morgan fingerprint density at radius 2 is 1.75 bits per heavy atom. The summed E-state index contributed by atoms with van der Waals surface area (Å²) in [6, 6.07) is 16.6. The van der Waals surface area contributed by atoms with Crippen LogP contribution in [0.2, 0.25) is 0 Å². The average molecular weight is 322 g/mol. The van der Waals surface area contributed by atoms with Crippen molar-refractivity contribution in [1.82, 2.24) is 4.90 Å². The summed E-state index contributed by atoms with van der Waals surface area (Å²) in [4.78, 5) is 14.6. The molecule has 2 aromatic carbocycles. The molecule has 1 heterocycles. The molecule has 1 aliphatic rings. The number of carbonyl (C=O) groups excluding carboxylic acids is 1. The van der Waals surface area contributed by atoms with E-state index in [4.69, 9.17) is 0 Å². The van der Waals surface area contributed by atoms with Crippen molar-refractivity contribution in [3.8, 4) is 0 Å². The van der Waals surface area contributed by atoms with E-state index >= 15 is 0 Å². The minimum atomic E-state index is 0.154. The number of carbonyl (C=O) groups is 1. The van der Waals surface area contributed by atoms with Gasteiger partial charge in [0.15, 0.2) is 0 Å². The van der Waals surface area contributed by atoms with Crippen LogP contribution in [0.5, 0.6) is 0 Å². The summed E-state index contributed by atoms with van der Waals surface area (Å²) in [6.07, 6.45) is 3.47. The third-order valence-corrected chi connectivity index (χ3v) is 4.71. The van der Waals surface area contributed by atoms with Crippen LogP contribution in [0, 0.1) is 6.92 Å². The van der Waals surface area contributed by atoms with Crippen molar-refractivity contribution in [1.29, 1.82) is 0 Å². The Bertz CT molecular complexity index is 687. The van der Waals surface area contributed by atoms with Crippen LogP contribution < -0.4 is 5.32 Å². The molecule has 126 valence electrons. The van der Waals surface area contributed by atoms with E-state index in [1.54, 1.807) is 0 Å². The zero-order valence-electron chi connectivity index (χ0n) is 14.6. The number of nitrogens with zero attached hydrogens (tertiary/aromatic N) is 1. The Hall–Kier alpha value is -2.29. The van der Waals surface area contributed by atoms with Crippen molar-refractivity contribution in [2.24, 2.45) is 0 Å². The lowest BCUT2D eigenvalue weighted by atomic mass is 10.1. The first-order chi connectivity index (χ1) is 11.6. The molecule has 2 aromatic rings. The number of nitrogens with one attached hydrogen (secondary N) is 1. The maximum absolute atomic E-state index is 12.6. The molecule has 3 rings (SSSR count). The zero-order valence-corrected chi connectivity index (χ0v) is 14.6. The average Bonchev–Trinajstić information content (AvgIpc) is 2.62. The number of hydrogen-bond acceptors (Lipinski definition) is 2. The van der Waals surface area contributed by atoms with E-state index in [2.05, 4.69) is 43.4 Å². The highest BCUT2D eigenvalue weighted by Gasteiger charge is 2.18. The fourth-order valence-electron chi connectivity index (χ4n) is 3.21. The summed E-state index contributed by atoms with van der Waals surface area (Å²) in [5.74, 6) is 0.154. The van der Waals surface area contributed by atoms with Crippen molar-refractivity contribution < 1.29 is 4.79 Å². The quantitative estimate of drug-likeness (QED) is 0.877. The van der Waals surface area contributed by atoms with E-state index in [0.717, 1.165) is 37.2 Å². The topological polar surface area (TPSA) is 32.3 Å². The summed E-state index contributed by atoms with van der Waals surface area (Å²) in [7, 11) is 0. The maximum Gasteiger partial charge on any atom is 0.253 e. The van der Waals surface area contributed by atoms with E-state index in [-0.39, 0.29) is 11.9 Å².